The molecule has 1 aromatic carbocycles. The van der Waals surface area contributed by atoms with Crippen LogP contribution in [0.2, 0.25) is 0 Å². The first-order valence-electron chi connectivity index (χ1n) is 3.23. The van der Waals surface area contributed by atoms with Gasteiger partial charge in [-0.1, -0.05) is 0 Å². The number of hydrogen-bond donors (Lipinski definition) is 2. The Hall–Kier alpha value is -1.11. The van der Waals surface area contributed by atoms with Crippen molar-refractivity contribution in [2.45, 2.75) is 0 Å². The summed E-state index contributed by atoms with van der Waals surface area (Å²) in [6, 6.07) is 0. The van der Waals surface area contributed by atoms with Crippen LogP contribution < -0.4 is 5.73 Å². The van der Waals surface area contributed by atoms with Crippen molar-refractivity contribution in [2.75, 3.05) is 0 Å². The molecule has 1 rings (SSSR count). The molecular formula is C7H3BrF4N2. The highest BCUT2D eigenvalue weighted by Gasteiger charge is 2.25. The van der Waals surface area contributed by atoms with Gasteiger partial charge < -0.3 is 5.73 Å². The third-order valence-corrected chi connectivity index (χ3v) is 2.18. The summed E-state index contributed by atoms with van der Waals surface area (Å²) < 4.78 is 50.5. The minimum Gasteiger partial charge on any atom is -0.384 e. The Balaban J connectivity index is 3.68. The van der Waals surface area contributed by atoms with Crippen molar-refractivity contribution in [3.05, 3.63) is 33.3 Å². The predicted octanol–water partition coefficient (Wildman–Crippen LogP) is 2.29. The molecule has 0 bridgehead atoms. The van der Waals surface area contributed by atoms with E-state index >= 15 is 0 Å². The van der Waals surface area contributed by atoms with Crippen molar-refractivity contribution in [2.24, 2.45) is 5.73 Å². The van der Waals surface area contributed by atoms with E-state index in [1.54, 1.807) is 0 Å². The molecule has 0 atom stereocenters. The topological polar surface area (TPSA) is 49.9 Å². The molecule has 0 heterocycles. The van der Waals surface area contributed by atoms with Gasteiger partial charge in [0.15, 0.2) is 23.3 Å². The van der Waals surface area contributed by atoms with Crippen LogP contribution in [0.25, 0.3) is 0 Å². The minimum atomic E-state index is -1.69. The second-order valence-electron chi connectivity index (χ2n) is 2.36. The number of nitrogens with one attached hydrogen (secondary N) is 1. The Morgan fingerprint density at radius 2 is 1.36 bits per heavy atom. The van der Waals surface area contributed by atoms with Gasteiger partial charge in [0.1, 0.15) is 5.84 Å². The molecule has 0 fully saturated rings. The second kappa shape index (κ2) is 3.56. The maximum Gasteiger partial charge on any atom is 0.176 e. The second-order valence-corrected chi connectivity index (χ2v) is 3.15. The van der Waals surface area contributed by atoms with E-state index in [1.807, 2.05) is 0 Å². The molecule has 0 unspecified atom stereocenters. The Morgan fingerprint density at radius 1 is 1.00 bits per heavy atom. The lowest BCUT2D eigenvalue weighted by Crippen LogP contribution is -2.18. The van der Waals surface area contributed by atoms with Crippen molar-refractivity contribution >= 4 is 21.8 Å². The van der Waals surface area contributed by atoms with E-state index in [2.05, 4.69) is 15.9 Å². The van der Waals surface area contributed by atoms with Crippen molar-refractivity contribution in [1.82, 2.24) is 0 Å². The SMILES string of the molecule is N=C(N)c1c(F)c(F)c(Br)c(F)c1F. The highest BCUT2D eigenvalue weighted by molar-refractivity contribution is 9.10. The molecule has 14 heavy (non-hydrogen) atoms. The average molecular weight is 271 g/mol. The summed E-state index contributed by atoms with van der Waals surface area (Å²) in [5.41, 5.74) is 3.55. The molecule has 0 aliphatic rings. The van der Waals surface area contributed by atoms with Crippen molar-refractivity contribution in [3.63, 3.8) is 0 Å². The fraction of sp³-hybridized carbons (Fsp3) is 0. The minimum absolute atomic E-state index is 0.961. The Kier molecular flexibility index (Phi) is 2.79. The van der Waals surface area contributed by atoms with E-state index in [-0.39, 0.29) is 0 Å². The number of rotatable bonds is 1. The van der Waals surface area contributed by atoms with Crippen LogP contribution in [0, 0.1) is 28.7 Å². The van der Waals surface area contributed by atoms with E-state index < -0.39 is 39.1 Å². The Labute approximate surface area is 84.4 Å². The molecule has 0 aliphatic heterocycles. The summed E-state index contributed by atoms with van der Waals surface area (Å²) >= 11 is 2.32. The van der Waals surface area contributed by atoms with Crippen LogP contribution in [-0.2, 0) is 0 Å². The van der Waals surface area contributed by atoms with Crippen LogP contribution in [-0.4, -0.2) is 5.84 Å². The van der Waals surface area contributed by atoms with E-state index in [0.29, 0.717) is 0 Å². The van der Waals surface area contributed by atoms with Gasteiger partial charge in [-0.15, -0.1) is 0 Å². The fourth-order valence-electron chi connectivity index (χ4n) is 0.841. The monoisotopic (exact) mass is 270 g/mol. The third kappa shape index (κ3) is 1.47. The molecule has 0 saturated carbocycles. The Morgan fingerprint density at radius 3 is 1.64 bits per heavy atom. The largest absolute Gasteiger partial charge is 0.384 e. The summed E-state index contributed by atoms with van der Waals surface area (Å²) in [5, 5.41) is 6.73. The molecule has 0 saturated heterocycles. The van der Waals surface area contributed by atoms with Crippen molar-refractivity contribution < 1.29 is 17.6 Å². The van der Waals surface area contributed by atoms with Crippen LogP contribution in [0.3, 0.4) is 0 Å². The fourth-order valence-corrected chi connectivity index (χ4v) is 1.19. The van der Waals surface area contributed by atoms with Crippen LogP contribution in [0.5, 0.6) is 0 Å². The normalized spacial score (nSPS) is 10.4. The molecule has 0 spiro atoms. The van der Waals surface area contributed by atoms with Gasteiger partial charge in [-0.3, -0.25) is 5.41 Å². The molecular weight excluding hydrogens is 268 g/mol. The molecule has 0 radical (unpaired) electrons. The van der Waals surface area contributed by atoms with E-state index in [4.69, 9.17) is 11.1 Å². The number of amidine groups is 1. The molecule has 76 valence electrons. The summed E-state index contributed by atoms with van der Waals surface area (Å²) in [4.78, 5) is 0. The molecule has 0 amide bonds. The summed E-state index contributed by atoms with van der Waals surface area (Å²) in [6.07, 6.45) is 0. The van der Waals surface area contributed by atoms with Gasteiger partial charge in [-0.25, -0.2) is 17.6 Å². The van der Waals surface area contributed by atoms with Crippen LogP contribution in [0.4, 0.5) is 17.6 Å². The predicted molar refractivity (Wildman–Crippen MR) is 45.0 cm³/mol. The Bertz CT molecular complexity index is 390. The van der Waals surface area contributed by atoms with Gasteiger partial charge in [-0.05, 0) is 15.9 Å². The van der Waals surface area contributed by atoms with Crippen LogP contribution in [0.1, 0.15) is 5.56 Å². The smallest absolute Gasteiger partial charge is 0.176 e. The molecule has 0 aliphatic carbocycles. The van der Waals surface area contributed by atoms with Gasteiger partial charge in [0.05, 0.1) is 10.0 Å². The van der Waals surface area contributed by atoms with Gasteiger partial charge in [0, 0.05) is 0 Å². The molecule has 7 heteroatoms. The van der Waals surface area contributed by atoms with E-state index in [9.17, 15) is 17.6 Å². The van der Waals surface area contributed by atoms with Gasteiger partial charge in [0.2, 0.25) is 0 Å². The van der Waals surface area contributed by atoms with Crippen LogP contribution >= 0.6 is 15.9 Å². The number of halogens is 5. The third-order valence-electron chi connectivity index (χ3n) is 1.48. The van der Waals surface area contributed by atoms with Crippen molar-refractivity contribution in [1.29, 1.82) is 5.41 Å². The van der Waals surface area contributed by atoms with Gasteiger partial charge in [0.25, 0.3) is 0 Å². The number of benzene rings is 1. The standard InChI is InChI=1S/C7H3BrF4N2/c8-2-5(11)3(9)1(7(13)14)4(10)6(2)12/h(H3,13,14). The molecule has 2 nitrogen and oxygen atoms in total. The van der Waals surface area contributed by atoms with E-state index in [1.165, 1.54) is 0 Å². The summed E-state index contributed by atoms with van der Waals surface area (Å²) in [7, 11) is 0. The molecule has 1 aromatic rings. The number of nitrogens with two attached hydrogens (primary N) is 1. The zero-order valence-corrected chi connectivity index (χ0v) is 8.05. The zero-order valence-electron chi connectivity index (χ0n) is 6.47. The number of nitrogen functional groups attached to an aromatic ring is 1. The summed E-state index contributed by atoms with van der Waals surface area (Å²) in [6.45, 7) is 0. The first kappa shape index (κ1) is 11.0. The highest BCUT2D eigenvalue weighted by atomic mass is 79.9. The highest BCUT2D eigenvalue weighted by Crippen LogP contribution is 2.27. The van der Waals surface area contributed by atoms with Gasteiger partial charge >= 0.3 is 0 Å². The maximum atomic E-state index is 12.9. The van der Waals surface area contributed by atoms with Crippen molar-refractivity contribution in [3.8, 4) is 0 Å². The van der Waals surface area contributed by atoms with Gasteiger partial charge in [-0.2, -0.15) is 0 Å². The quantitative estimate of drug-likeness (QED) is 0.266. The molecule has 3 N–H and O–H groups in total. The first-order chi connectivity index (χ1) is 6.37. The molecule has 0 aromatic heterocycles. The van der Waals surface area contributed by atoms with E-state index in [0.717, 1.165) is 0 Å². The average Bonchev–Trinajstić information content (AvgIpc) is 2.11. The number of hydrogen-bond acceptors (Lipinski definition) is 1. The maximum absolute atomic E-state index is 12.9. The lowest BCUT2D eigenvalue weighted by atomic mass is 10.1. The summed E-state index contributed by atoms with van der Waals surface area (Å²) in [5.74, 6) is -7.69. The first-order valence-corrected chi connectivity index (χ1v) is 4.03. The zero-order chi connectivity index (χ0) is 11.0. The lowest BCUT2D eigenvalue weighted by molar-refractivity contribution is 0.444. The van der Waals surface area contributed by atoms with Crippen LogP contribution in [0.15, 0.2) is 4.47 Å². The lowest BCUT2D eigenvalue weighted by Gasteiger charge is -2.06.